The molecule has 2 heterocycles. The van der Waals surface area contributed by atoms with E-state index in [1.807, 2.05) is 22.4 Å². The van der Waals surface area contributed by atoms with Crippen molar-refractivity contribution >= 4 is 33.2 Å². The fraction of sp³-hybridized carbons (Fsp3) is 0.333. The van der Waals surface area contributed by atoms with Crippen molar-refractivity contribution in [1.29, 1.82) is 0 Å². The van der Waals surface area contributed by atoms with Gasteiger partial charge in [0.15, 0.2) is 0 Å². The number of carboxylic acid groups (broad SMARTS) is 1. The number of hydrogen-bond acceptors (Lipinski definition) is 4. The van der Waals surface area contributed by atoms with Crippen LogP contribution in [0.15, 0.2) is 23.7 Å². The van der Waals surface area contributed by atoms with Gasteiger partial charge in [-0.05, 0) is 30.4 Å². The van der Waals surface area contributed by atoms with Crippen LogP contribution in [-0.2, 0) is 4.79 Å². The zero-order chi connectivity index (χ0) is 11.8. The summed E-state index contributed by atoms with van der Waals surface area (Å²) in [4.78, 5) is 17.2. The van der Waals surface area contributed by atoms with Crippen molar-refractivity contribution in [1.82, 2.24) is 4.98 Å². The van der Waals surface area contributed by atoms with E-state index in [0.29, 0.717) is 6.04 Å². The van der Waals surface area contributed by atoms with Gasteiger partial charge >= 0.3 is 5.97 Å². The van der Waals surface area contributed by atoms with Crippen molar-refractivity contribution in [2.24, 2.45) is 0 Å². The van der Waals surface area contributed by atoms with Gasteiger partial charge in [0, 0.05) is 22.3 Å². The largest absolute Gasteiger partial charge is 0.480 e. The standard InChI is InChI=1S/C12H12N2O2S/c15-11(16)7-14(8-1-2-8)12-9-4-6-17-10(9)3-5-13-12/h3-6,8H,1-2,7H2,(H,15,16). The van der Waals surface area contributed by atoms with Gasteiger partial charge in [-0.15, -0.1) is 11.3 Å². The minimum absolute atomic E-state index is 0.0344. The highest BCUT2D eigenvalue weighted by Crippen LogP contribution is 2.35. The number of aliphatic carboxylic acids is 1. The molecule has 4 nitrogen and oxygen atoms in total. The van der Waals surface area contributed by atoms with Crippen LogP contribution in [0.5, 0.6) is 0 Å². The SMILES string of the molecule is O=C(O)CN(c1nccc2sccc12)C1CC1. The lowest BCUT2D eigenvalue weighted by Gasteiger charge is -2.21. The van der Waals surface area contributed by atoms with Gasteiger partial charge in [0.05, 0.1) is 0 Å². The summed E-state index contributed by atoms with van der Waals surface area (Å²) in [6.45, 7) is 0.0344. The van der Waals surface area contributed by atoms with Gasteiger partial charge in [-0.3, -0.25) is 4.79 Å². The van der Waals surface area contributed by atoms with E-state index in [1.54, 1.807) is 17.5 Å². The van der Waals surface area contributed by atoms with Gasteiger partial charge in [0.25, 0.3) is 0 Å². The van der Waals surface area contributed by atoms with Crippen LogP contribution in [0.1, 0.15) is 12.8 Å². The molecule has 0 bridgehead atoms. The Balaban J connectivity index is 2.04. The Bertz CT molecular complexity index is 562. The topological polar surface area (TPSA) is 53.4 Å². The third-order valence-electron chi connectivity index (χ3n) is 2.92. The Kier molecular flexibility index (Phi) is 2.48. The van der Waals surface area contributed by atoms with E-state index >= 15 is 0 Å². The number of carboxylic acids is 1. The molecule has 0 amide bonds. The van der Waals surface area contributed by atoms with Crippen LogP contribution in [0.4, 0.5) is 5.82 Å². The van der Waals surface area contributed by atoms with Gasteiger partial charge in [-0.2, -0.15) is 0 Å². The van der Waals surface area contributed by atoms with Gasteiger partial charge in [0.1, 0.15) is 12.4 Å². The number of rotatable bonds is 4. The second kappa shape index (κ2) is 4.00. The van der Waals surface area contributed by atoms with Crippen LogP contribution in [0.25, 0.3) is 10.1 Å². The molecular weight excluding hydrogens is 236 g/mol. The van der Waals surface area contributed by atoms with E-state index in [0.717, 1.165) is 28.7 Å². The zero-order valence-electron chi connectivity index (χ0n) is 9.17. The molecule has 5 heteroatoms. The van der Waals surface area contributed by atoms with Gasteiger partial charge in [0.2, 0.25) is 0 Å². The van der Waals surface area contributed by atoms with Crippen LogP contribution in [0.3, 0.4) is 0 Å². The average Bonchev–Trinajstić information content (AvgIpc) is 3.02. The molecule has 1 fully saturated rings. The molecule has 2 aromatic rings. The summed E-state index contributed by atoms with van der Waals surface area (Å²) in [5.41, 5.74) is 0. The van der Waals surface area contributed by atoms with Crippen LogP contribution in [0, 0.1) is 0 Å². The highest BCUT2D eigenvalue weighted by molar-refractivity contribution is 7.17. The number of aromatic nitrogens is 1. The third kappa shape index (κ3) is 1.98. The van der Waals surface area contributed by atoms with Crippen LogP contribution < -0.4 is 4.90 Å². The summed E-state index contributed by atoms with van der Waals surface area (Å²) >= 11 is 1.66. The first-order chi connectivity index (χ1) is 8.25. The van der Waals surface area contributed by atoms with Crippen LogP contribution in [0.2, 0.25) is 0 Å². The average molecular weight is 248 g/mol. The highest BCUT2D eigenvalue weighted by atomic mass is 32.1. The summed E-state index contributed by atoms with van der Waals surface area (Å²) in [6, 6.07) is 4.33. The fourth-order valence-electron chi connectivity index (χ4n) is 2.02. The monoisotopic (exact) mass is 248 g/mol. The molecule has 1 aliphatic rings. The molecule has 3 rings (SSSR count). The Morgan fingerprint density at radius 1 is 1.53 bits per heavy atom. The number of hydrogen-bond donors (Lipinski definition) is 1. The summed E-state index contributed by atoms with van der Waals surface area (Å²) in [7, 11) is 0. The maximum absolute atomic E-state index is 10.9. The van der Waals surface area contributed by atoms with Gasteiger partial charge in [-0.25, -0.2) is 4.98 Å². The molecule has 88 valence electrons. The lowest BCUT2D eigenvalue weighted by molar-refractivity contribution is -0.135. The quantitative estimate of drug-likeness (QED) is 0.902. The summed E-state index contributed by atoms with van der Waals surface area (Å²) in [5.74, 6) is 0.0135. The van der Waals surface area contributed by atoms with E-state index in [9.17, 15) is 4.79 Å². The van der Waals surface area contributed by atoms with E-state index in [2.05, 4.69) is 4.98 Å². The maximum atomic E-state index is 10.9. The number of nitrogens with zero attached hydrogens (tertiary/aromatic N) is 2. The fourth-order valence-corrected chi connectivity index (χ4v) is 2.79. The molecular formula is C12H12N2O2S. The van der Waals surface area contributed by atoms with E-state index in [1.165, 1.54) is 0 Å². The van der Waals surface area contributed by atoms with Crippen molar-refractivity contribution in [2.45, 2.75) is 18.9 Å². The first kappa shape index (κ1) is 10.5. The van der Waals surface area contributed by atoms with Crippen molar-refractivity contribution in [2.75, 3.05) is 11.4 Å². The van der Waals surface area contributed by atoms with Gasteiger partial charge < -0.3 is 10.0 Å². The summed E-state index contributed by atoms with van der Waals surface area (Å²) < 4.78 is 1.16. The Morgan fingerprint density at radius 3 is 3.06 bits per heavy atom. The normalized spacial score (nSPS) is 15.1. The lowest BCUT2D eigenvalue weighted by atomic mass is 10.3. The number of pyridine rings is 1. The van der Waals surface area contributed by atoms with Crippen molar-refractivity contribution < 1.29 is 9.90 Å². The van der Waals surface area contributed by atoms with Gasteiger partial charge in [-0.1, -0.05) is 0 Å². The second-order valence-electron chi connectivity index (χ2n) is 4.22. The van der Waals surface area contributed by atoms with Crippen molar-refractivity contribution in [3.8, 4) is 0 Å². The van der Waals surface area contributed by atoms with E-state index in [4.69, 9.17) is 5.11 Å². The maximum Gasteiger partial charge on any atom is 0.323 e. The molecule has 1 saturated carbocycles. The Labute approximate surface area is 103 Å². The minimum atomic E-state index is -0.800. The van der Waals surface area contributed by atoms with Crippen LogP contribution >= 0.6 is 11.3 Å². The number of fused-ring (bicyclic) bond motifs is 1. The predicted molar refractivity (Wildman–Crippen MR) is 67.6 cm³/mol. The first-order valence-corrected chi connectivity index (χ1v) is 6.44. The summed E-state index contributed by atoms with van der Waals surface area (Å²) in [5, 5.41) is 12.1. The molecule has 0 aliphatic heterocycles. The molecule has 0 saturated heterocycles. The lowest BCUT2D eigenvalue weighted by Crippen LogP contribution is -2.32. The second-order valence-corrected chi connectivity index (χ2v) is 5.17. The number of carbonyl (C=O) groups is 1. The molecule has 1 N–H and O–H groups in total. The highest BCUT2D eigenvalue weighted by Gasteiger charge is 2.32. The molecule has 2 aromatic heterocycles. The smallest absolute Gasteiger partial charge is 0.323 e. The summed E-state index contributed by atoms with van der Waals surface area (Å²) in [6.07, 6.45) is 3.89. The first-order valence-electron chi connectivity index (χ1n) is 5.56. The molecule has 17 heavy (non-hydrogen) atoms. The molecule has 0 atom stereocenters. The zero-order valence-corrected chi connectivity index (χ0v) is 9.98. The van der Waals surface area contributed by atoms with Crippen molar-refractivity contribution in [3.05, 3.63) is 23.7 Å². The molecule has 0 spiro atoms. The van der Waals surface area contributed by atoms with E-state index in [-0.39, 0.29) is 6.54 Å². The predicted octanol–water partition coefficient (Wildman–Crippen LogP) is 2.35. The minimum Gasteiger partial charge on any atom is -0.480 e. The van der Waals surface area contributed by atoms with E-state index < -0.39 is 5.97 Å². The number of anilines is 1. The number of thiophene rings is 1. The molecule has 1 aliphatic carbocycles. The molecule has 0 aromatic carbocycles. The Morgan fingerprint density at radius 2 is 2.35 bits per heavy atom. The molecule has 0 unspecified atom stereocenters. The Hall–Kier alpha value is -1.62. The van der Waals surface area contributed by atoms with Crippen LogP contribution in [-0.4, -0.2) is 28.6 Å². The van der Waals surface area contributed by atoms with Crippen molar-refractivity contribution in [3.63, 3.8) is 0 Å². The third-order valence-corrected chi connectivity index (χ3v) is 3.81. The molecule has 0 radical (unpaired) electrons.